The molecule has 2 fully saturated rings. The minimum atomic E-state index is -0.120. The first-order valence-electron chi connectivity index (χ1n) is 10.3. The van der Waals surface area contributed by atoms with E-state index in [-0.39, 0.29) is 11.3 Å². The standard InChI is InChI=1S/C22H31N5O/c1-15-5-6-17(16(2)25-15)11-27-12-18(9-24-21(28)22(3)7-8-22)19(13-27)20-10-23-14-26(20)4/h5-6,10,14,18-19H,7-9,11-13H2,1-4H3,(H,24,28)/t18-,19-/m1/s1. The Morgan fingerprint density at radius 3 is 2.71 bits per heavy atom. The van der Waals surface area contributed by atoms with Crippen molar-refractivity contribution in [2.45, 2.75) is 46.1 Å². The van der Waals surface area contributed by atoms with Crippen LogP contribution in [0.15, 0.2) is 24.7 Å². The Hall–Kier alpha value is -2.21. The molecule has 0 spiro atoms. The second-order valence-electron chi connectivity index (χ2n) is 8.96. The second-order valence-corrected chi connectivity index (χ2v) is 8.96. The Morgan fingerprint density at radius 1 is 1.29 bits per heavy atom. The molecule has 1 aliphatic carbocycles. The molecule has 2 aromatic heterocycles. The number of pyridine rings is 1. The number of amides is 1. The zero-order chi connectivity index (χ0) is 19.9. The minimum Gasteiger partial charge on any atom is -0.355 e. The van der Waals surface area contributed by atoms with Crippen LogP contribution in [0.5, 0.6) is 0 Å². The van der Waals surface area contributed by atoms with E-state index < -0.39 is 0 Å². The number of nitrogens with one attached hydrogen (secondary N) is 1. The number of hydrogen-bond acceptors (Lipinski definition) is 4. The molecular formula is C22H31N5O. The van der Waals surface area contributed by atoms with E-state index in [0.717, 1.165) is 50.4 Å². The summed E-state index contributed by atoms with van der Waals surface area (Å²) in [5, 5.41) is 3.23. The van der Waals surface area contributed by atoms with Crippen molar-refractivity contribution in [3.05, 3.63) is 47.3 Å². The Labute approximate surface area is 167 Å². The second kappa shape index (κ2) is 7.32. The highest BCUT2D eigenvalue weighted by atomic mass is 16.2. The molecule has 2 aromatic rings. The molecule has 150 valence electrons. The Morgan fingerprint density at radius 2 is 2.07 bits per heavy atom. The van der Waals surface area contributed by atoms with Crippen LogP contribution in [0, 0.1) is 25.2 Å². The van der Waals surface area contributed by atoms with Crippen molar-refractivity contribution in [1.82, 2.24) is 24.8 Å². The van der Waals surface area contributed by atoms with Gasteiger partial charge in [-0.05, 0) is 44.2 Å². The molecule has 0 radical (unpaired) electrons. The topological polar surface area (TPSA) is 63.1 Å². The van der Waals surface area contributed by atoms with Crippen molar-refractivity contribution in [2.24, 2.45) is 18.4 Å². The van der Waals surface area contributed by atoms with Crippen molar-refractivity contribution in [3.63, 3.8) is 0 Å². The molecule has 6 nitrogen and oxygen atoms in total. The van der Waals surface area contributed by atoms with Gasteiger partial charge in [0.05, 0.1) is 6.33 Å². The van der Waals surface area contributed by atoms with E-state index in [0.29, 0.717) is 11.8 Å². The molecule has 1 aliphatic heterocycles. The maximum Gasteiger partial charge on any atom is 0.225 e. The van der Waals surface area contributed by atoms with Crippen molar-refractivity contribution in [2.75, 3.05) is 19.6 Å². The van der Waals surface area contributed by atoms with Gasteiger partial charge >= 0.3 is 0 Å². The van der Waals surface area contributed by atoms with Crippen LogP contribution < -0.4 is 5.32 Å². The highest BCUT2D eigenvalue weighted by molar-refractivity contribution is 5.84. The van der Waals surface area contributed by atoms with E-state index in [9.17, 15) is 4.79 Å². The van der Waals surface area contributed by atoms with Crippen LogP contribution in [0.4, 0.5) is 0 Å². The summed E-state index contributed by atoms with van der Waals surface area (Å²) in [5.41, 5.74) is 4.58. The van der Waals surface area contributed by atoms with Crippen molar-refractivity contribution >= 4 is 5.91 Å². The van der Waals surface area contributed by atoms with Crippen LogP contribution in [-0.4, -0.2) is 45.0 Å². The number of hydrogen-bond donors (Lipinski definition) is 1. The van der Waals surface area contributed by atoms with E-state index in [4.69, 9.17) is 0 Å². The Kier molecular flexibility index (Phi) is 5.00. The van der Waals surface area contributed by atoms with Crippen LogP contribution in [0.1, 0.15) is 48.3 Å². The zero-order valence-electron chi connectivity index (χ0n) is 17.4. The molecule has 4 rings (SSSR count). The van der Waals surface area contributed by atoms with E-state index in [1.54, 1.807) is 0 Å². The lowest BCUT2D eigenvalue weighted by Crippen LogP contribution is -2.36. The first kappa shape index (κ1) is 19.1. The van der Waals surface area contributed by atoms with Gasteiger partial charge in [-0.25, -0.2) is 4.98 Å². The van der Waals surface area contributed by atoms with E-state index in [1.807, 2.05) is 19.4 Å². The highest BCUT2D eigenvalue weighted by Gasteiger charge is 2.45. The number of nitrogens with zero attached hydrogens (tertiary/aromatic N) is 4. The van der Waals surface area contributed by atoms with Gasteiger partial charge in [0.25, 0.3) is 0 Å². The van der Waals surface area contributed by atoms with Gasteiger partial charge in [-0.1, -0.05) is 13.0 Å². The third-order valence-electron chi connectivity index (χ3n) is 6.55. The molecule has 28 heavy (non-hydrogen) atoms. The zero-order valence-corrected chi connectivity index (χ0v) is 17.4. The van der Waals surface area contributed by atoms with Crippen molar-refractivity contribution in [3.8, 4) is 0 Å². The molecule has 1 saturated carbocycles. The van der Waals surface area contributed by atoms with Crippen LogP contribution in [0.25, 0.3) is 0 Å². The fraction of sp³-hybridized carbons (Fsp3) is 0.591. The smallest absolute Gasteiger partial charge is 0.225 e. The lowest BCUT2D eigenvalue weighted by molar-refractivity contribution is -0.125. The quantitative estimate of drug-likeness (QED) is 0.835. The first-order chi connectivity index (χ1) is 13.4. The number of carbonyl (C=O) groups excluding carboxylic acids is 1. The Balaban J connectivity index is 1.48. The van der Waals surface area contributed by atoms with Gasteiger partial charge in [0.2, 0.25) is 5.91 Å². The van der Waals surface area contributed by atoms with Gasteiger partial charge in [0, 0.05) is 67.8 Å². The number of aryl methyl sites for hydroxylation is 3. The molecule has 0 unspecified atom stereocenters. The maximum absolute atomic E-state index is 12.4. The molecule has 6 heteroatoms. The predicted octanol–water partition coefficient (Wildman–Crippen LogP) is 2.56. The molecule has 2 atom stereocenters. The highest BCUT2D eigenvalue weighted by Crippen LogP contribution is 2.45. The van der Waals surface area contributed by atoms with E-state index >= 15 is 0 Å². The average Bonchev–Trinajstić information content (AvgIpc) is 3.08. The van der Waals surface area contributed by atoms with Crippen molar-refractivity contribution < 1.29 is 4.79 Å². The molecule has 1 amide bonds. The van der Waals surface area contributed by atoms with Gasteiger partial charge in [0.15, 0.2) is 0 Å². The fourth-order valence-corrected chi connectivity index (χ4v) is 4.33. The summed E-state index contributed by atoms with van der Waals surface area (Å²) in [6.45, 7) is 9.76. The third-order valence-corrected chi connectivity index (χ3v) is 6.55. The summed E-state index contributed by atoms with van der Waals surface area (Å²) in [6, 6.07) is 4.28. The minimum absolute atomic E-state index is 0.120. The lowest BCUT2D eigenvalue weighted by Gasteiger charge is -2.20. The van der Waals surface area contributed by atoms with Gasteiger partial charge in [0.1, 0.15) is 0 Å². The fourth-order valence-electron chi connectivity index (χ4n) is 4.33. The van der Waals surface area contributed by atoms with Gasteiger partial charge in [-0.3, -0.25) is 14.7 Å². The average molecular weight is 382 g/mol. The van der Waals surface area contributed by atoms with Gasteiger partial charge in [-0.2, -0.15) is 0 Å². The van der Waals surface area contributed by atoms with Crippen LogP contribution in [0.3, 0.4) is 0 Å². The molecule has 1 N–H and O–H groups in total. The molecule has 0 aromatic carbocycles. The monoisotopic (exact) mass is 381 g/mol. The molecular weight excluding hydrogens is 350 g/mol. The molecule has 3 heterocycles. The summed E-state index contributed by atoms with van der Waals surface area (Å²) in [7, 11) is 2.06. The number of rotatable bonds is 6. The summed E-state index contributed by atoms with van der Waals surface area (Å²) >= 11 is 0. The van der Waals surface area contributed by atoms with Crippen LogP contribution in [-0.2, 0) is 18.4 Å². The number of imidazole rings is 1. The molecule has 0 bridgehead atoms. The number of likely N-dealkylation sites (tertiary alicyclic amines) is 1. The predicted molar refractivity (Wildman–Crippen MR) is 109 cm³/mol. The summed E-state index contributed by atoms with van der Waals surface area (Å²) in [5.74, 6) is 0.979. The maximum atomic E-state index is 12.4. The van der Waals surface area contributed by atoms with Gasteiger partial charge < -0.3 is 9.88 Å². The molecule has 1 saturated heterocycles. The first-order valence-corrected chi connectivity index (χ1v) is 10.3. The lowest BCUT2D eigenvalue weighted by atomic mass is 9.92. The van der Waals surface area contributed by atoms with E-state index in [2.05, 4.69) is 57.8 Å². The Bertz CT molecular complexity index is 870. The summed E-state index contributed by atoms with van der Waals surface area (Å²) in [4.78, 5) is 23.9. The third kappa shape index (κ3) is 3.83. The van der Waals surface area contributed by atoms with Crippen molar-refractivity contribution in [1.29, 1.82) is 0 Å². The largest absolute Gasteiger partial charge is 0.355 e. The summed E-state index contributed by atoms with van der Waals surface area (Å²) in [6.07, 6.45) is 5.87. The van der Waals surface area contributed by atoms with Crippen LogP contribution >= 0.6 is 0 Å². The summed E-state index contributed by atoms with van der Waals surface area (Å²) < 4.78 is 2.11. The van der Waals surface area contributed by atoms with Gasteiger partial charge in [-0.15, -0.1) is 0 Å². The molecule has 2 aliphatic rings. The number of aromatic nitrogens is 3. The normalized spacial score (nSPS) is 23.7. The number of carbonyl (C=O) groups is 1. The van der Waals surface area contributed by atoms with Crippen LogP contribution in [0.2, 0.25) is 0 Å². The SMILES string of the molecule is Cc1ccc(CN2C[C@@H](CNC(=O)C3(C)CC3)[C@H](c3cncn3C)C2)c(C)n1. The van der Waals surface area contributed by atoms with E-state index in [1.165, 1.54) is 11.3 Å².